The lowest BCUT2D eigenvalue weighted by Gasteiger charge is -2.35. The fourth-order valence-corrected chi connectivity index (χ4v) is 5.38. The molecule has 6 heteroatoms. The second-order valence-electron chi connectivity index (χ2n) is 6.99. The molecule has 1 saturated heterocycles. The van der Waals surface area contributed by atoms with E-state index in [-0.39, 0.29) is 11.9 Å². The molecule has 2 fully saturated rings. The molecule has 0 unspecified atom stereocenters. The van der Waals surface area contributed by atoms with Gasteiger partial charge in [0.15, 0.2) is 0 Å². The normalized spacial score (nSPS) is 25.5. The third-order valence-corrected chi connectivity index (χ3v) is 7.33. The highest BCUT2D eigenvalue weighted by Gasteiger charge is 2.33. The lowest BCUT2D eigenvalue weighted by atomic mass is 9.86. The number of carbonyl (C=O) groups excluding carboxylic acids is 1. The number of anilines is 1. The molecule has 0 spiro atoms. The summed E-state index contributed by atoms with van der Waals surface area (Å²) in [5.41, 5.74) is 0.783. The summed E-state index contributed by atoms with van der Waals surface area (Å²) in [6.45, 7) is 2.85. The van der Waals surface area contributed by atoms with Crippen LogP contribution in [-0.2, 0) is 14.8 Å². The summed E-state index contributed by atoms with van der Waals surface area (Å²) in [6.07, 6.45) is 5.72. The molecule has 3 rings (SSSR count). The van der Waals surface area contributed by atoms with Gasteiger partial charge in [-0.25, -0.2) is 8.42 Å². The largest absolute Gasteiger partial charge is 0.312 e. The molecule has 1 aromatic rings. The predicted octanol–water partition coefficient (Wildman–Crippen LogP) is 3.01. The van der Waals surface area contributed by atoms with Gasteiger partial charge in [-0.1, -0.05) is 19.8 Å². The first-order valence-electron chi connectivity index (χ1n) is 8.80. The van der Waals surface area contributed by atoms with Crippen LogP contribution in [0, 0.1) is 5.92 Å². The van der Waals surface area contributed by atoms with E-state index in [0.29, 0.717) is 23.8 Å². The smallest absolute Gasteiger partial charge is 0.243 e. The molecular weight excluding hydrogens is 324 g/mol. The van der Waals surface area contributed by atoms with E-state index in [9.17, 15) is 13.2 Å². The molecule has 1 saturated carbocycles. The maximum absolute atomic E-state index is 12.9. The first kappa shape index (κ1) is 17.4. The van der Waals surface area contributed by atoms with Gasteiger partial charge in [0.2, 0.25) is 15.9 Å². The van der Waals surface area contributed by atoms with E-state index in [4.69, 9.17) is 0 Å². The highest BCUT2D eigenvalue weighted by Crippen LogP contribution is 2.31. The number of benzene rings is 1. The summed E-state index contributed by atoms with van der Waals surface area (Å²) in [6, 6.07) is 6.81. The summed E-state index contributed by atoms with van der Waals surface area (Å²) in [7, 11) is -1.80. The van der Waals surface area contributed by atoms with Crippen LogP contribution in [0.1, 0.15) is 45.4 Å². The third-order valence-electron chi connectivity index (χ3n) is 5.43. The Morgan fingerprint density at radius 2 is 1.75 bits per heavy atom. The van der Waals surface area contributed by atoms with Crippen LogP contribution in [0.25, 0.3) is 0 Å². The topological polar surface area (TPSA) is 57.7 Å². The molecule has 2 atom stereocenters. The number of sulfonamides is 1. The van der Waals surface area contributed by atoms with E-state index in [1.807, 2.05) is 0 Å². The highest BCUT2D eigenvalue weighted by molar-refractivity contribution is 7.89. The van der Waals surface area contributed by atoms with Crippen molar-refractivity contribution in [3.05, 3.63) is 24.3 Å². The molecule has 24 heavy (non-hydrogen) atoms. The second-order valence-corrected chi connectivity index (χ2v) is 8.99. The molecule has 0 radical (unpaired) electrons. The van der Waals surface area contributed by atoms with Crippen molar-refractivity contribution in [2.24, 2.45) is 5.92 Å². The van der Waals surface area contributed by atoms with E-state index < -0.39 is 10.0 Å². The van der Waals surface area contributed by atoms with Crippen molar-refractivity contribution in [1.29, 1.82) is 0 Å². The van der Waals surface area contributed by atoms with Gasteiger partial charge >= 0.3 is 0 Å². The molecule has 1 aliphatic carbocycles. The lowest BCUT2D eigenvalue weighted by molar-refractivity contribution is -0.117. The van der Waals surface area contributed by atoms with Gasteiger partial charge in [0, 0.05) is 31.7 Å². The first-order chi connectivity index (χ1) is 11.4. The Kier molecular flexibility index (Phi) is 4.97. The van der Waals surface area contributed by atoms with Crippen LogP contribution in [0.2, 0.25) is 0 Å². The minimum Gasteiger partial charge on any atom is -0.312 e. The van der Waals surface area contributed by atoms with Crippen molar-refractivity contribution in [2.75, 3.05) is 18.5 Å². The summed E-state index contributed by atoms with van der Waals surface area (Å²) < 4.78 is 27.4. The van der Waals surface area contributed by atoms with Gasteiger partial charge in [-0.15, -0.1) is 0 Å². The van der Waals surface area contributed by atoms with E-state index in [1.54, 1.807) is 40.5 Å². The Bertz CT molecular complexity index is 699. The second kappa shape index (κ2) is 6.84. The average molecular weight is 350 g/mol. The summed E-state index contributed by atoms with van der Waals surface area (Å²) in [5, 5.41) is 0. The Balaban J connectivity index is 1.80. The molecule has 1 aromatic carbocycles. The third kappa shape index (κ3) is 3.22. The Morgan fingerprint density at radius 1 is 1.08 bits per heavy atom. The van der Waals surface area contributed by atoms with Crippen LogP contribution in [-0.4, -0.2) is 38.3 Å². The average Bonchev–Trinajstić information content (AvgIpc) is 3.01. The molecule has 1 heterocycles. The molecule has 0 N–H and O–H groups in total. The molecule has 5 nitrogen and oxygen atoms in total. The van der Waals surface area contributed by atoms with Gasteiger partial charge < -0.3 is 4.90 Å². The number of nitrogens with zero attached hydrogens (tertiary/aromatic N) is 2. The minimum absolute atomic E-state index is 0.0728. The molecule has 1 amide bonds. The van der Waals surface area contributed by atoms with Crippen molar-refractivity contribution in [1.82, 2.24) is 4.31 Å². The zero-order valence-electron chi connectivity index (χ0n) is 14.4. The quantitative estimate of drug-likeness (QED) is 0.839. The SMILES string of the molecule is C[C@@H]1CCCC[C@H]1N(C)S(=O)(=O)c1ccc(N2CCCC2=O)cc1. The van der Waals surface area contributed by atoms with E-state index >= 15 is 0 Å². The predicted molar refractivity (Wildman–Crippen MR) is 94.4 cm³/mol. The molecule has 2 aliphatic rings. The lowest BCUT2D eigenvalue weighted by Crippen LogP contribution is -2.42. The molecule has 0 bridgehead atoms. The van der Waals surface area contributed by atoms with E-state index in [2.05, 4.69) is 6.92 Å². The van der Waals surface area contributed by atoms with Gasteiger partial charge in [-0.3, -0.25) is 4.79 Å². The Hall–Kier alpha value is -1.40. The zero-order chi connectivity index (χ0) is 17.3. The summed E-state index contributed by atoms with van der Waals surface area (Å²) in [4.78, 5) is 13.8. The number of amides is 1. The van der Waals surface area contributed by atoms with Crippen LogP contribution in [0.3, 0.4) is 0 Å². The molecule has 132 valence electrons. The summed E-state index contributed by atoms with van der Waals surface area (Å²) >= 11 is 0. The number of hydrogen-bond acceptors (Lipinski definition) is 3. The molecular formula is C18H26N2O3S. The zero-order valence-corrected chi connectivity index (χ0v) is 15.3. The van der Waals surface area contributed by atoms with Gasteiger partial charge in [0.1, 0.15) is 0 Å². The van der Waals surface area contributed by atoms with Gasteiger partial charge in [0.25, 0.3) is 0 Å². The van der Waals surface area contributed by atoms with E-state index in [0.717, 1.165) is 31.4 Å². The van der Waals surface area contributed by atoms with Crippen LogP contribution in [0.5, 0.6) is 0 Å². The maximum atomic E-state index is 12.9. The minimum atomic E-state index is -3.50. The van der Waals surface area contributed by atoms with Gasteiger partial charge in [-0.05, 0) is 49.4 Å². The molecule has 0 aromatic heterocycles. The molecule has 1 aliphatic heterocycles. The fourth-order valence-electron chi connectivity index (χ4n) is 3.90. The van der Waals surface area contributed by atoms with Crippen molar-refractivity contribution >= 4 is 21.6 Å². The van der Waals surface area contributed by atoms with Crippen LogP contribution in [0.15, 0.2) is 29.2 Å². The van der Waals surface area contributed by atoms with Crippen molar-refractivity contribution < 1.29 is 13.2 Å². The Labute approximate surface area is 144 Å². The van der Waals surface area contributed by atoms with Crippen molar-refractivity contribution in [3.63, 3.8) is 0 Å². The number of hydrogen-bond donors (Lipinski definition) is 0. The van der Waals surface area contributed by atoms with Crippen LogP contribution < -0.4 is 4.90 Å². The number of carbonyl (C=O) groups is 1. The van der Waals surface area contributed by atoms with Crippen LogP contribution in [0.4, 0.5) is 5.69 Å². The van der Waals surface area contributed by atoms with E-state index in [1.165, 1.54) is 6.42 Å². The standard InChI is InChI=1S/C18H26N2O3S/c1-14-6-3-4-7-17(14)19(2)24(22,23)16-11-9-15(10-12-16)20-13-5-8-18(20)21/h9-12,14,17H,3-8,13H2,1-2H3/t14-,17-/m1/s1. The Morgan fingerprint density at radius 3 is 2.33 bits per heavy atom. The number of rotatable bonds is 4. The maximum Gasteiger partial charge on any atom is 0.243 e. The van der Waals surface area contributed by atoms with Crippen molar-refractivity contribution in [3.8, 4) is 0 Å². The first-order valence-corrected chi connectivity index (χ1v) is 10.2. The summed E-state index contributed by atoms with van der Waals surface area (Å²) in [5.74, 6) is 0.499. The van der Waals surface area contributed by atoms with Crippen molar-refractivity contribution in [2.45, 2.75) is 56.4 Å². The fraction of sp³-hybridized carbons (Fsp3) is 0.611. The monoisotopic (exact) mass is 350 g/mol. The van der Waals surface area contributed by atoms with Gasteiger partial charge in [0.05, 0.1) is 4.90 Å². The van der Waals surface area contributed by atoms with Gasteiger partial charge in [-0.2, -0.15) is 4.31 Å². The highest BCUT2D eigenvalue weighted by atomic mass is 32.2. The van der Waals surface area contributed by atoms with Crippen LogP contribution >= 0.6 is 0 Å².